The van der Waals surface area contributed by atoms with Gasteiger partial charge in [-0.2, -0.15) is 0 Å². The molecule has 1 heterocycles. The van der Waals surface area contributed by atoms with E-state index in [1.165, 1.54) is 20.3 Å². The molecule has 1 unspecified atom stereocenters. The Morgan fingerprint density at radius 2 is 2.00 bits per heavy atom. The van der Waals surface area contributed by atoms with E-state index in [2.05, 4.69) is 10.3 Å². The summed E-state index contributed by atoms with van der Waals surface area (Å²) in [6.07, 6.45) is 0. The summed E-state index contributed by atoms with van der Waals surface area (Å²) in [5, 5.41) is 14.3. The molecule has 0 bridgehead atoms. The lowest BCUT2D eigenvalue weighted by molar-refractivity contribution is -0.385. The zero-order chi connectivity index (χ0) is 14.0. The van der Waals surface area contributed by atoms with Crippen LogP contribution in [-0.4, -0.2) is 37.6 Å². The van der Waals surface area contributed by atoms with Gasteiger partial charge >= 0.3 is 0 Å². The molecule has 7 nitrogen and oxygen atoms in total. The van der Waals surface area contributed by atoms with Gasteiger partial charge in [-0.25, -0.2) is 0 Å². The number of hydrogen-bond donors (Lipinski definition) is 1. The Bertz CT molecular complexity index is 542. The minimum Gasteiger partial charge on any atom is -0.493 e. The van der Waals surface area contributed by atoms with Crippen LogP contribution in [0.3, 0.4) is 0 Å². The number of rotatable bonds is 4. The van der Waals surface area contributed by atoms with Crippen LogP contribution < -0.4 is 14.8 Å². The first-order valence-electron chi connectivity index (χ1n) is 5.78. The van der Waals surface area contributed by atoms with Crippen LogP contribution in [0.25, 0.3) is 0 Å². The van der Waals surface area contributed by atoms with Crippen molar-refractivity contribution in [3.8, 4) is 11.5 Å². The van der Waals surface area contributed by atoms with Crippen LogP contribution in [0.1, 0.15) is 12.5 Å². The monoisotopic (exact) mass is 265 g/mol. The van der Waals surface area contributed by atoms with Crippen molar-refractivity contribution in [2.45, 2.75) is 13.0 Å². The summed E-state index contributed by atoms with van der Waals surface area (Å²) < 4.78 is 10.2. The van der Waals surface area contributed by atoms with E-state index < -0.39 is 4.92 Å². The molecule has 1 aromatic rings. The van der Waals surface area contributed by atoms with Gasteiger partial charge in [-0.1, -0.05) is 0 Å². The third-order valence-electron chi connectivity index (χ3n) is 2.86. The number of nitrogens with one attached hydrogen (secondary N) is 1. The van der Waals surface area contributed by atoms with Gasteiger partial charge in [0.1, 0.15) is 5.84 Å². The zero-order valence-electron chi connectivity index (χ0n) is 11.0. The van der Waals surface area contributed by atoms with Crippen molar-refractivity contribution in [1.29, 1.82) is 0 Å². The highest BCUT2D eigenvalue weighted by Gasteiger charge is 2.26. The number of nitro benzene ring substituents is 1. The molecule has 0 aliphatic carbocycles. The van der Waals surface area contributed by atoms with Crippen molar-refractivity contribution >= 4 is 11.5 Å². The average Bonchev–Trinajstić information content (AvgIpc) is 2.83. The first-order chi connectivity index (χ1) is 9.06. The highest BCUT2D eigenvalue weighted by molar-refractivity contribution is 6.04. The van der Waals surface area contributed by atoms with E-state index in [-0.39, 0.29) is 11.7 Å². The molecule has 0 amide bonds. The van der Waals surface area contributed by atoms with Gasteiger partial charge in [0.05, 0.1) is 37.3 Å². The van der Waals surface area contributed by atoms with Gasteiger partial charge in [-0.15, -0.1) is 0 Å². The van der Waals surface area contributed by atoms with Crippen molar-refractivity contribution in [3.05, 3.63) is 27.8 Å². The topological polar surface area (TPSA) is 86.0 Å². The SMILES string of the molecule is COc1cc(C2=NCC(C)N2)c([N+](=O)[O-])cc1OC. The van der Waals surface area contributed by atoms with Crippen molar-refractivity contribution in [2.24, 2.45) is 4.99 Å². The largest absolute Gasteiger partial charge is 0.493 e. The summed E-state index contributed by atoms with van der Waals surface area (Å²) in [6.45, 7) is 2.56. The summed E-state index contributed by atoms with van der Waals surface area (Å²) in [4.78, 5) is 15.0. The standard InChI is InChI=1S/C12H15N3O4/c1-7-6-13-12(14-7)8-4-10(18-2)11(19-3)5-9(8)15(16)17/h4-5,7H,6H2,1-3H3,(H,13,14). The van der Waals surface area contributed by atoms with Gasteiger partial charge in [-0.05, 0) is 6.92 Å². The molecule has 0 fully saturated rings. The van der Waals surface area contributed by atoms with Crippen LogP contribution in [-0.2, 0) is 0 Å². The van der Waals surface area contributed by atoms with Crippen molar-refractivity contribution < 1.29 is 14.4 Å². The van der Waals surface area contributed by atoms with Crippen molar-refractivity contribution in [2.75, 3.05) is 20.8 Å². The highest BCUT2D eigenvalue weighted by atomic mass is 16.6. The van der Waals surface area contributed by atoms with E-state index in [0.717, 1.165) is 0 Å². The second-order valence-corrected chi connectivity index (χ2v) is 4.22. The lowest BCUT2D eigenvalue weighted by Crippen LogP contribution is -2.28. The predicted octanol–water partition coefficient (Wildman–Crippen LogP) is 1.35. The molecule has 0 spiro atoms. The van der Waals surface area contributed by atoms with Crippen LogP contribution >= 0.6 is 0 Å². The van der Waals surface area contributed by atoms with Crippen LogP contribution in [0.2, 0.25) is 0 Å². The van der Waals surface area contributed by atoms with Gasteiger partial charge < -0.3 is 14.8 Å². The first-order valence-corrected chi connectivity index (χ1v) is 5.78. The van der Waals surface area contributed by atoms with Crippen LogP contribution in [0.5, 0.6) is 11.5 Å². The fraction of sp³-hybridized carbons (Fsp3) is 0.417. The highest BCUT2D eigenvalue weighted by Crippen LogP contribution is 2.34. The number of nitrogens with zero attached hydrogens (tertiary/aromatic N) is 2. The maximum absolute atomic E-state index is 11.2. The van der Waals surface area contributed by atoms with E-state index in [0.29, 0.717) is 29.4 Å². The molecule has 19 heavy (non-hydrogen) atoms. The van der Waals surface area contributed by atoms with Crippen molar-refractivity contribution in [1.82, 2.24) is 5.32 Å². The molecule has 102 valence electrons. The van der Waals surface area contributed by atoms with E-state index in [9.17, 15) is 10.1 Å². The van der Waals surface area contributed by atoms with E-state index >= 15 is 0 Å². The summed E-state index contributed by atoms with van der Waals surface area (Å²) in [5.74, 6) is 1.27. The molecular formula is C12H15N3O4. The smallest absolute Gasteiger partial charge is 0.284 e. The maximum atomic E-state index is 11.2. The second-order valence-electron chi connectivity index (χ2n) is 4.22. The Labute approximate surface area is 110 Å². The quantitative estimate of drug-likeness (QED) is 0.656. The fourth-order valence-corrected chi connectivity index (χ4v) is 1.92. The third kappa shape index (κ3) is 2.44. The van der Waals surface area contributed by atoms with Crippen LogP contribution in [0.4, 0.5) is 5.69 Å². The Kier molecular flexibility index (Phi) is 3.55. The molecule has 1 aliphatic rings. The minimum absolute atomic E-state index is 0.0574. The Hall–Kier alpha value is -2.31. The number of benzene rings is 1. The number of hydrogen-bond acceptors (Lipinski definition) is 6. The maximum Gasteiger partial charge on any atom is 0.284 e. The number of amidine groups is 1. The molecule has 1 N–H and O–H groups in total. The summed E-state index contributed by atoms with van der Waals surface area (Å²) >= 11 is 0. The molecule has 1 aliphatic heterocycles. The predicted molar refractivity (Wildman–Crippen MR) is 70.2 cm³/mol. The zero-order valence-corrected chi connectivity index (χ0v) is 11.0. The number of aliphatic imine (C=N–C) groups is 1. The normalized spacial score (nSPS) is 17.6. The molecule has 7 heteroatoms. The summed E-state index contributed by atoms with van der Waals surface area (Å²) in [7, 11) is 2.93. The Balaban J connectivity index is 2.54. The lowest BCUT2D eigenvalue weighted by atomic mass is 10.1. The Morgan fingerprint density at radius 3 is 2.47 bits per heavy atom. The molecule has 0 saturated heterocycles. The second kappa shape index (κ2) is 5.13. The Morgan fingerprint density at radius 1 is 1.37 bits per heavy atom. The van der Waals surface area contributed by atoms with E-state index in [1.54, 1.807) is 6.07 Å². The first kappa shape index (κ1) is 13.1. The molecule has 1 atom stereocenters. The van der Waals surface area contributed by atoms with Crippen LogP contribution in [0.15, 0.2) is 17.1 Å². The molecule has 2 rings (SSSR count). The summed E-state index contributed by atoms with van der Waals surface area (Å²) in [6, 6.07) is 3.09. The van der Waals surface area contributed by atoms with Gasteiger partial charge in [0, 0.05) is 12.1 Å². The lowest BCUT2D eigenvalue weighted by Gasteiger charge is -2.11. The van der Waals surface area contributed by atoms with E-state index in [4.69, 9.17) is 9.47 Å². The third-order valence-corrected chi connectivity index (χ3v) is 2.86. The van der Waals surface area contributed by atoms with Crippen molar-refractivity contribution in [3.63, 3.8) is 0 Å². The molecule has 0 radical (unpaired) electrons. The average molecular weight is 265 g/mol. The summed E-state index contributed by atoms with van der Waals surface area (Å²) in [5.41, 5.74) is 0.352. The van der Waals surface area contributed by atoms with Gasteiger partial charge in [-0.3, -0.25) is 15.1 Å². The van der Waals surface area contributed by atoms with Crippen LogP contribution in [0, 0.1) is 10.1 Å². The van der Waals surface area contributed by atoms with Gasteiger partial charge in [0.15, 0.2) is 11.5 Å². The fourth-order valence-electron chi connectivity index (χ4n) is 1.92. The number of ether oxygens (including phenoxy) is 2. The van der Waals surface area contributed by atoms with E-state index in [1.807, 2.05) is 6.92 Å². The molecule has 0 saturated carbocycles. The van der Waals surface area contributed by atoms with Gasteiger partial charge in [0.25, 0.3) is 5.69 Å². The molecular weight excluding hydrogens is 250 g/mol. The number of methoxy groups -OCH3 is 2. The molecule has 0 aromatic heterocycles. The van der Waals surface area contributed by atoms with Gasteiger partial charge in [0.2, 0.25) is 0 Å². The molecule has 1 aromatic carbocycles. The number of nitro groups is 1. The minimum atomic E-state index is -0.454.